The fraction of sp³-hybridized carbons (Fsp3) is 0.176. The molecule has 0 saturated carbocycles. The van der Waals surface area contributed by atoms with Crippen LogP contribution in [-0.2, 0) is 14.8 Å². The standard InChI is InChI=1S/C17H18N2O4S/c1-12-3-9-16(10-4-12)24(22,23)18-11-17(21)19-15-7-5-14(6-8-15)13(2)20/h3-10,18H,11H2,1-2H3,(H,19,21). The smallest absolute Gasteiger partial charge is 0.241 e. The molecule has 0 saturated heterocycles. The van der Waals surface area contributed by atoms with Gasteiger partial charge in [0.1, 0.15) is 0 Å². The van der Waals surface area contributed by atoms with Crippen LogP contribution in [0.2, 0.25) is 0 Å². The van der Waals surface area contributed by atoms with Gasteiger partial charge in [0.05, 0.1) is 11.4 Å². The Morgan fingerprint density at radius 3 is 2.08 bits per heavy atom. The van der Waals surface area contributed by atoms with E-state index < -0.39 is 15.9 Å². The highest BCUT2D eigenvalue weighted by molar-refractivity contribution is 7.89. The number of carbonyl (C=O) groups excluding carboxylic acids is 2. The first-order chi connectivity index (χ1) is 11.3. The Bertz CT molecular complexity index is 841. The molecule has 0 bridgehead atoms. The normalized spacial score (nSPS) is 11.1. The molecule has 0 atom stereocenters. The van der Waals surface area contributed by atoms with Gasteiger partial charge in [0.25, 0.3) is 0 Å². The van der Waals surface area contributed by atoms with Crippen LogP contribution in [0.4, 0.5) is 5.69 Å². The van der Waals surface area contributed by atoms with Gasteiger partial charge >= 0.3 is 0 Å². The van der Waals surface area contributed by atoms with E-state index in [1.807, 2.05) is 6.92 Å². The third kappa shape index (κ3) is 4.74. The number of benzene rings is 2. The topological polar surface area (TPSA) is 92.3 Å². The summed E-state index contributed by atoms with van der Waals surface area (Å²) in [4.78, 5) is 23.1. The van der Waals surface area contributed by atoms with E-state index in [0.29, 0.717) is 11.3 Å². The van der Waals surface area contributed by atoms with Crippen LogP contribution in [0.15, 0.2) is 53.4 Å². The van der Waals surface area contributed by atoms with Gasteiger partial charge in [-0.2, -0.15) is 0 Å². The molecule has 126 valence electrons. The molecular formula is C17H18N2O4S. The number of Topliss-reactive ketones (excluding diaryl/α,β-unsaturated/α-hetero) is 1. The maximum atomic E-state index is 12.1. The molecule has 0 aromatic heterocycles. The molecule has 2 aromatic carbocycles. The summed E-state index contributed by atoms with van der Waals surface area (Å²) in [6.07, 6.45) is 0. The lowest BCUT2D eigenvalue weighted by atomic mass is 10.1. The summed E-state index contributed by atoms with van der Waals surface area (Å²) in [5.74, 6) is -0.569. The first kappa shape index (κ1) is 17.8. The molecule has 2 N–H and O–H groups in total. The number of rotatable bonds is 6. The first-order valence-electron chi connectivity index (χ1n) is 7.25. The van der Waals surface area contributed by atoms with Gasteiger partial charge in [0.15, 0.2) is 5.78 Å². The molecule has 0 aliphatic rings. The average Bonchev–Trinajstić information content (AvgIpc) is 2.54. The number of nitrogens with one attached hydrogen (secondary N) is 2. The van der Waals surface area contributed by atoms with Crippen molar-refractivity contribution in [2.45, 2.75) is 18.7 Å². The largest absolute Gasteiger partial charge is 0.325 e. The molecule has 0 spiro atoms. The van der Waals surface area contributed by atoms with Gasteiger partial charge < -0.3 is 5.32 Å². The van der Waals surface area contributed by atoms with Gasteiger partial charge in [-0.25, -0.2) is 13.1 Å². The molecule has 2 rings (SSSR count). The lowest BCUT2D eigenvalue weighted by Gasteiger charge is -2.08. The van der Waals surface area contributed by atoms with Gasteiger partial charge in [-0.15, -0.1) is 0 Å². The van der Waals surface area contributed by atoms with Crippen LogP contribution in [0.5, 0.6) is 0 Å². The number of carbonyl (C=O) groups is 2. The monoisotopic (exact) mass is 346 g/mol. The van der Waals surface area contributed by atoms with Crippen LogP contribution >= 0.6 is 0 Å². The molecule has 7 heteroatoms. The number of amides is 1. The number of hydrogen-bond donors (Lipinski definition) is 2. The predicted octanol–water partition coefficient (Wildman–Crippen LogP) is 2.11. The van der Waals surface area contributed by atoms with Crippen molar-refractivity contribution in [1.82, 2.24) is 4.72 Å². The van der Waals surface area contributed by atoms with E-state index in [1.54, 1.807) is 36.4 Å². The Morgan fingerprint density at radius 2 is 1.54 bits per heavy atom. The molecule has 24 heavy (non-hydrogen) atoms. The highest BCUT2D eigenvalue weighted by atomic mass is 32.2. The fourth-order valence-electron chi connectivity index (χ4n) is 1.95. The third-order valence-corrected chi connectivity index (χ3v) is 4.75. The van der Waals surface area contributed by atoms with Crippen molar-refractivity contribution in [3.8, 4) is 0 Å². The lowest BCUT2D eigenvalue weighted by molar-refractivity contribution is -0.115. The second kappa shape index (κ2) is 7.37. The molecule has 1 amide bonds. The summed E-state index contributed by atoms with van der Waals surface area (Å²) in [5, 5.41) is 2.56. The van der Waals surface area contributed by atoms with Crippen LogP contribution in [0, 0.1) is 6.92 Å². The highest BCUT2D eigenvalue weighted by Crippen LogP contribution is 2.11. The van der Waals surface area contributed by atoms with Crippen molar-refractivity contribution < 1.29 is 18.0 Å². The summed E-state index contributed by atoms with van der Waals surface area (Å²) < 4.78 is 26.4. The molecule has 6 nitrogen and oxygen atoms in total. The summed E-state index contributed by atoms with van der Waals surface area (Å²) >= 11 is 0. The zero-order chi connectivity index (χ0) is 17.7. The van der Waals surface area contributed by atoms with Gasteiger partial charge in [-0.3, -0.25) is 9.59 Å². The van der Waals surface area contributed by atoms with Crippen molar-refractivity contribution >= 4 is 27.4 Å². The van der Waals surface area contributed by atoms with Crippen molar-refractivity contribution in [3.63, 3.8) is 0 Å². The third-order valence-electron chi connectivity index (χ3n) is 3.33. The molecule has 0 radical (unpaired) electrons. The number of hydrogen-bond acceptors (Lipinski definition) is 4. The van der Waals surface area contributed by atoms with Crippen molar-refractivity contribution in [3.05, 3.63) is 59.7 Å². The number of ketones is 1. The SMILES string of the molecule is CC(=O)c1ccc(NC(=O)CNS(=O)(=O)c2ccc(C)cc2)cc1. The second-order valence-electron chi connectivity index (χ2n) is 5.32. The minimum atomic E-state index is -3.74. The molecule has 0 fully saturated rings. The Kier molecular flexibility index (Phi) is 5.48. The summed E-state index contributed by atoms with van der Waals surface area (Å²) in [5.41, 5.74) is 1.97. The van der Waals surface area contributed by atoms with Crippen LogP contribution in [0.3, 0.4) is 0 Å². The maximum absolute atomic E-state index is 12.1. The highest BCUT2D eigenvalue weighted by Gasteiger charge is 2.15. The number of aryl methyl sites for hydroxylation is 1. The lowest BCUT2D eigenvalue weighted by Crippen LogP contribution is -2.32. The quantitative estimate of drug-likeness (QED) is 0.784. The molecule has 0 aliphatic carbocycles. The van der Waals surface area contributed by atoms with Gasteiger partial charge in [0, 0.05) is 11.3 Å². The molecule has 0 aliphatic heterocycles. The van der Waals surface area contributed by atoms with Gasteiger partial charge in [0.2, 0.25) is 15.9 Å². The van der Waals surface area contributed by atoms with E-state index in [0.717, 1.165) is 5.56 Å². The number of sulfonamides is 1. The van der Waals surface area contributed by atoms with Crippen LogP contribution in [0.1, 0.15) is 22.8 Å². The molecular weight excluding hydrogens is 328 g/mol. The predicted molar refractivity (Wildman–Crippen MR) is 91.4 cm³/mol. The summed E-state index contributed by atoms with van der Waals surface area (Å²) in [7, 11) is -3.74. The second-order valence-corrected chi connectivity index (χ2v) is 7.09. The molecule has 0 heterocycles. The maximum Gasteiger partial charge on any atom is 0.241 e. The van der Waals surface area contributed by atoms with E-state index in [1.165, 1.54) is 19.1 Å². The Hall–Kier alpha value is -2.51. The van der Waals surface area contributed by atoms with Gasteiger partial charge in [-0.1, -0.05) is 17.7 Å². The zero-order valence-corrected chi connectivity index (χ0v) is 14.2. The van der Waals surface area contributed by atoms with Crippen LogP contribution in [-0.4, -0.2) is 26.7 Å². The van der Waals surface area contributed by atoms with Crippen molar-refractivity contribution in [2.75, 3.05) is 11.9 Å². The fourth-order valence-corrected chi connectivity index (χ4v) is 2.94. The summed E-state index contributed by atoms with van der Waals surface area (Å²) in [6, 6.07) is 12.7. The Labute approximate surface area is 140 Å². The number of anilines is 1. The average molecular weight is 346 g/mol. The zero-order valence-electron chi connectivity index (χ0n) is 13.4. The van der Waals surface area contributed by atoms with Gasteiger partial charge in [-0.05, 0) is 50.2 Å². The van der Waals surface area contributed by atoms with E-state index >= 15 is 0 Å². The van der Waals surface area contributed by atoms with E-state index in [9.17, 15) is 18.0 Å². The molecule has 2 aromatic rings. The minimum absolute atomic E-state index is 0.0706. The van der Waals surface area contributed by atoms with E-state index in [-0.39, 0.29) is 17.2 Å². The van der Waals surface area contributed by atoms with E-state index in [4.69, 9.17) is 0 Å². The first-order valence-corrected chi connectivity index (χ1v) is 8.73. The van der Waals surface area contributed by atoms with Crippen molar-refractivity contribution in [2.24, 2.45) is 0 Å². The Morgan fingerprint density at radius 1 is 0.958 bits per heavy atom. The van der Waals surface area contributed by atoms with Crippen LogP contribution in [0.25, 0.3) is 0 Å². The van der Waals surface area contributed by atoms with E-state index in [2.05, 4.69) is 10.0 Å². The summed E-state index contributed by atoms with van der Waals surface area (Å²) in [6.45, 7) is 2.92. The minimum Gasteiger partial charge on any atom is -0.325 e. The van der Waals surface area contributed by atoms with Crippen LogP contribution < -0.4 is 10.0 Å². The van der Waals surface area contributed by atoms with Crippen molar-refractivity contribution in [1.29, 1.82) is 0 Å². The Balaban J connectivity index is 1.95. The molecule has 0 unspecified atom stereocenters.